The number of benzene rings is 2. The van der Waals surface area contributed by atoms with Crippen LogP contribution in [0.4, 0.5) is 0 Å². The lowest BCUT2D eigenvalue weighted by molar-refractivity contribution is -0.142. The first kappa shape index (κ1) is 19.6. The zero-order valence-electron chi connectivity index (χ0n) is 15.4. The number of aromatic nitrogens is 3. The summed E-state index contributed by atoms with van der Waals surface area (Å²) in [5, 5.41) is 20.8. The molecule has 1 unspecified atom stereocenters. The topological polar surface area (TPSA) is 97.1 Å². The van der Waals surface area contributed by atoms with Crippen LogP contribution in [0.2, 0.25) is 5.02 Å². The normalized spacial score (nSPS) is 11.8. The van der Waals surface area contributed by atoms with Gasteiger partial charge in [-0.25, -0.2) is 9.48 Å². The van der Waals surface area contributed by atoms with E-state index in [-0.39, 0.29) is 6.42 Å². The average molecular weight is 399 g/mol. The number of aliphatic carboxylic acids is 1. The Balaban J connectivity index is 1.76. The number of hydrogen-bond donors (Lipinski definition) is 2. The van der Waals surface area contributed by atoms with Crippen LogP contribution in [-0.4, -0.2) is 32.0 Å². The first-order chi connectivity index (χ1) is 13.3. The number of carbonyl (C=O) groups is 2. The Hall–Kier alpha value is -3.19. The summed E-state index contributed by atoms with van der Waals surface area (Å²) in [6, 6.07) is 13.0. The smallest absolute Gasteiger partial charge is 0.330 e. The van der Waals surface area contributed by atoms with Gasteiger partial charge in [0.25, 0.3) is 0 Å². The lowest BCUT2D eigenvalue weighted by Gasteiger charge is -2.15. The van der Waals surface area contributed by atoms with Gasteiger partial charge in [0.15, 0.2) is 6.04 Å². The number of halogens is 1. The highest BCUT2D eigenvalue weighted by atomic mass is 35.5. The van der Waals surface area contributed by atoms with Crippen LogP contribution in [0.5, 0.6) is 0 Å². The van der Waals surface area contributed by atoms with E-state index < -0.39 is 17.9 Å². The maximum absolute atomic E-state index is 12.5. The third-order valence-electron chi connectivity index (χ3n) is 4.30. The molecule has 7 nitrogen and oxygen atoms in total. The molecule has 1 heterocycles. The number of carboxylic acids is 1. The van der Waals surface area contributed by atoms with Gasteiger partial charge in [0.2, 0.25) is 5.91 Å². The summed E-state index contributed by atoms with van der Waals surface area (Å²) >= 11 is 6.01. The van der Waals surface area contributed by atoms with Crippen molar-refractivity contribution in [3.63, 3.8) is 0 Å². The number of nitrogens with one attached hydrogen (secondary N) is 1. The molecule has 28 heavy (non-hydrogen) atoms. The Labute approximate surface area is 167 Å². The van der Waals surface area contributed by atoms with E-state index in [4.69, 9.17) is 11.6 Å². The molecule has 0 aliphatic carbocycles. The summed E-state index contributed by atoms with van der Waals surface area (Å²) in [6.07, 6.45) is -0.0814. The molecule has 0 saturated heterocycles. The van der Waals surface area contributed by atoms with E-state index in [1.807, 2.05) is 19.1 Å². The average Bonchev–Trinajstić information content (AvgIpc) is 3.00. The molecule has 144 valence electrons. The molecule has 2 N–H and O–H groups in total. The predicted molar refractivity (Wildman–Crippen MR) is 105 cm³/mol. The van der Waals surface area contributed by atoms with Crippen molar-refractivity contribution in [3.8, 4) is 5.69 Å². The van der Waals surface area contributed by atoms with E-state index in [9.17, 15) is 14.7 Å². The maximum Gasteiger partial charge on any atom is 0.330 e. The number of carboxylic acid groups (broad SMARTS) is 1. The van der Waals surface area contributed by atoms with Gasteiger partial charge in [0.05, 0.1) is 23.5 Å². The molecule has 0 bridgehead atoms. The summed E-state index contributed by atoms with van der Waals surface area (Å²) in [5.74, 6) is -1.58. The summed E-state index contributed by atoms with van der Waals surface area (Å²) in [5.41, 5.74) is 3.30. The first-order valence-electron chi connectivity index (χ1n) is 8.61. The predicted octanol–water partition coefficient (Wildman–Crippen LogP) is 3.02. The van der Waals surface area contributed by atoms with Crippen LogP contribution in [-0.2, 0) is 16.0 Å². The molecule has 0 spiro atoms. The zero-order chi connectivity index (χ0) is 20.3. The second-order valence-electron chi connectivity index (χ2n) is 6.44. The second kappa shape index (κ2) is 8.22. The van der Waals surface area contributed by atoms with Crippen molar-refractivity contribution < 1.29 is 14.7 Å². The van der Waals surface area contributed by atoms with E-state index in [0.29, 0.717) is 22.0 Å². The number of carbonyl (C=O) groups excluding carboxylic acids is 1. The van der Waals surface area contributed by atoms with Gasteiger partial charge in [-0.05, 0) is 37.6 Å². The summed E-state index contributed by atoms with van der Waals surface area (Å²) in [6.45, 7) is 3.65. The fourth-order valence-electron chi connectivity index (χ4n) is 2.88. The number of hydrogen-bond acceptors (Lipinski definition) is 4. The molecular weight excluding hydrogens is 380 g/mol. The van der Waals surface area contributed by atoms with E-state index in [1.165, 1.54) is 0 Å². The van der Waals surface area contributed by atoms with Crippen molar-refractivity contribution in [1.29, 1.82) is 0 Å². The van der Waals surface area contributed by atoms with Gasteiger partial charge < -0.3 is 10.4 Å². The SMILES string of the molecule is Cc1cccc(C(NC(=O)Cc2nnn(-c3cccc(Cl)c3)c2C)C(=O)O)c1. The van der Waals surface area contributed by atoms with E-state index in [0.717, 1.165) is 11.3 Å². The lowest BCUT2D eigenvalue weighted by Crippen LogP contribution is -2.35. The highest BCUT2D eigenvalue weighted by Crippen LogP contribution is 2.18. The summed E-state index contributed by atoms with van der Waals surface area (Å²) in [7, 11) is 0. The van der Waals surface area contributed by atoms with Crippen LogP contribution in [0.3, 0.4) is 0 Å². The van der Waals surface area contributed by atoms with Crippen LogP contribution < -0.4 is 5.32 Å². The number of aryl methyl sites for hydroxylation is 1. The van der Waals surface area contributed by atoms with Crippen LogP contribution in [0.25, 0.3) is 5.69 Å². The second-order valence-corrected chi connectivity index (χ2v) is 6.88. The molecule has 0 aliphatic heterocycles. The molecule has 0 saturated carbocycles. The monoisotopic (exact) mass is 398 g/mol. The van der Waals surface area contributed by atoms with Crippen molar-refractivity contribution in [2.45, 2.75) is 26.3 Å². The maximum atomic E-state index is 12.5. The highest BCUT2D eigenvalue weighted by molar-refractivity contribution is 6.30. The molecule has 2 aromatic carbocycles. The third-order valence-corrected chi connectivity index (χ3v) is 4.53. The Morgan fingerprint density at radius 1 is 1.18 bits per heavy atom. The minimum absolute atomic E-state index is 0.0814. The van der Waals surface area contributed by atoms with Crippen LogP contribution >= 0.6 is 11.6 Å². The largest absolute Gasteiger partial charge is 0.479 e. The van der Waals surface area contributed by atoms with Crippen LogP contribution in [0.15, 0.2) is 48.5 Å². The lowest BCUT2D eigenvalue weighted by atomic mass is 10.0. The molecule has 0 radical (unpaired) electrons. The van der Waals surface area contributed by atoms with Gasteiger partial charge in [-0.3, -0.25) is 4.79 Å². The van der Waals surface area contributed by atoms with Gasteiger partial charge in [-0.1, -0.05) is 52.7 Å². The van der Waals surface area contributed by atoms with Crippen molar-refractivity contribution >= 4 is 23.5 Å². The third kappa shape index (κ3) is 4.37. The molecule has 1 atom stereocenters. The summed E-state index contributed by atoms with van der Waals surface area (Å²) in [4.78, 5) is 24.1. The molecule has 8 heteroatoms. The molecular formula is C20H19ClN4O3. The standard InChI is InChI=1S/C20H19ClN4O3/c1-12-5-3-6-14(9-12)19(20(27)28)22-18(26)11-17-13(2)25(24-23-17)16-8-4-7-15(21)10-16/h3-10,19H,11H2,1-2H3,(H,22,26)(H,27,28). The van der Waals surface area contributed by atoms with Gasteiger partial charge in [-0.15, -0.1) is 5.10 Å². The van der Waals surface area contributed by atoms with Gasteiger partial charge >= 0.3 is 5.97 Å². The first-order valence-corrected chi connectivity index (χ1v) is 8.99. The van der Waals surface area contributed by atoms with E-state index >= 15 is 0 Å². The van der Waals surface area contributed by atoms with Crippen LogP contribution in [0, 0.1) is 13.8 Å². The minimum Gasteiger partial charge on any atom is -0.479 e. The number of nitrogens with zero attached hydrogens (tertiary/aromatic N) is 3. The van der Waals surface area contributed by atoms with Gasteiger partial charge in [0, 0.05) is 5.02 Å². The Morgan fingerprint density at radius 3 is 2.61 bits per heavy atom. The Kier molecular flexibility index (Phi) is 5.75. The Bertz CT molecular complexity index is 1030. The van der Waals surface area contributed by atoms with E-state index in [1.54, 1.807) is 48.0 Å². The molecule has 1 amide bonds. The summed E-state index contributed by atoms with van der Waals surface area (Å²) < 4.78 is 1.59. The Morgan fingerprint density at radius 2 is 1.93 bits per heavy atom. The van der Waals surface area contributed by atoms with Crippen molar-refractivity contribution in [3.05, 3.63) is 76.1 Å². The number of amides is 1. The van der Waals surface area contributed by atoms with Gasteiger partial charge in [-0.2, -0.15) is 0 Å². The van der Waals surface area contributed by atoms with Crippen LogP contribution in [0.1, 0.15) is 28.6 Å². The molecule has 0 aliphatic rings. The number of rotatable bonds is 6. The minimum atomic E-state index is -1.13. The van der Waals surface area contributed by atoms with Crippen molar-refractivity contribution in [1.82, 2.24) is 20.3 Å². The molecule has 3 rings (SSSR count). The highest BCUT2D eigenvalue weighted by Gasteiger charge is 2.23. The molecule has 3 aromatic rings. The fraction of sp³-hybridized carbons (Fsp3) is 0.200. The van der Waals surface area contributed by atoms with Gasteiger partial charge in [0.1, 0.15) is 0 Å². The van der Waals surface area contributed by atoms with Crippen molar-refractivity contribution in [2.24, 2.45) is 0 Å². The fourth-order valence-corrected chi connectivity index (χ4v) is 3.06. The van der Waals surface area contributed by atoms with E-state index in [2.05, 4.69) is 15.6 Å². The molecule has 1 aromatic heterocycles. The zero-order valence-corrected chi connectivity index (χ0v) is 16.1. The quantitative estimate of drug-likeness (QED) is 0.665. The van der Waals surface area contributed by atoms with Crippen molar-refractivity contribution in [2.75, 3.05) is 0 Å². The molecule has 0 fully saturated rings.